The van der Waals surface area contributed by atoms with Crippen molar-refractivity contribution in [1.82, 2.24) is 14.3 Å². The molecule has 2 rings (SSSR count). The van der Waals surface area contributed by atoms with Crippen molar-refractivity contribution in [2.24, 2.45) is 0 Å². The topological polar surface area (TPSA) is 87.7 Å². The van der Waals surface area contributed by atoms with E-state index in [1.54, 1.807) is 0 Å². The van der Waals surface area contributed by atoms with Crippen molar-refractivity contribution in [2.75, 3.05) is 33.8 Å². The van der Waals surface area contributed by atoms with E-state index in [0.29, 0.717) is 0 Å². The lowest BCUT2D eigenvalue weighted by Crippen LogP contribution is -2.44. The molecule has 0 aliphatic carbocycles. The Morgan fingerprint density at radius 2 is 2.17 bits per heavy atom. The van der Waals surface area contributed by atoms with Gasteiger partial charge in [0.2, 0.25) is 0 Å². The Balaban J connectivity index is 1.93. The molecule has 128 valence electrons. The van der Waals surface area contributed by atoms with E-state index in [9.17, 15) is 13.2 Å². The van der Waals surface area contributed by atoms with Gasteiger partial charge in [-0.1, -0.05) is 24.3 Å². The molecule has 1 aromatic rings. The van der Waals surface area contributed by atoms with Crippen LogP contribution in [0.1, 0.15) is 23.6 Å². The number of benzene rings is 1. The summed E-state index contributed by atoms with van der Waals surface area (Å²) in [6.07, 6.45) is 0.969. The summed E-state index contributed by atoms with van der Waals surface area (Å²) in [4.78, 5) is 11.1. The Morgan fingerprint density at radius 1 is 1.43 bits per heavy atom. The molecular weight excluding hydrogens is 318 g/mol. The number of hydrogen-bond donors (Lipinski definition) is 2. The van der Waals surface area contributed by atoms with E-state index in [1.807, 2.05) is 18.2 Å². The van der Waals surface area contributed by atoms with E-state index < -0.39 is 16.2 Å². The van der Waals surface area contributed by atoms with Gasteiger partial charge < -0.3 is 10.1 Å². The fraction of sp³-hybridized carbons (Fsp3) is 0.533. The quantitative estimate of drug-likeness (QED) is 0.692. The zero-order valence-electron chi connectivity index (χ0n) is 13.4. The van der Waals surface area contributed by atoms with Crippen LogP contribution in [0.4, 0.5) is 0 Å². The first-order chi connectivity index (χ1) is 10.9. The number of methoxy groups -OCH3 is 1. The summed E-state index contributed by atoms with van der Waals surface area (Å²) in [6, 6.07) is 7.98. The highest BCUT2D eigenvalue weighted by atomic mass is 32.2. The molecule has 2 N–H and O–H groups in total. The zero-order valence-corrected chi connectivity index (χ0v) is 14.2. The largest absolute Gasteiger partial charge is 0.469 e. The highest BCUT2D eigenvalue weighted by Gasteiger charge is 2.23. The standard InChI is InChI=1S/C15H23N3O4S/c1-18(10-8-15(19)22-2)23(20,21)17-11-14-13-6-4-3-5-12(13)7-9-16-14/h3-6,14,16-17H,7-11H2,1-2H3. The molecule has 0 bridgehead atoms. The van der Waals surface area contributed by atoms with E-state index in [0.717, 1.165) is 22.8 Å². The molecule has 7 nitrogen and oxygen atoms in total. The number of hydrogen-bond acceptors (Lipinski definition) is 5. The second kappa shape index (κ2) is 7.87. The lowest BCUT2D eigenvalue weighted by atomic mass is 9.95. The lowest BCUT2D eigenvalue weighted by Gasteiger charge is -2.28. The minimum Gasteiger partial charge on any atom is -0.469 e. The molecule has 1 aliphatic rings. The Morgan fingerprint density at radius 3 is 2.91 bits per heavy atom. The molecule has 1 atom stereocenters. The third-order valence-electron chi connectivity index (χ3n) is 3.95. The maximum atomic E-state index is 12.2. The van der Waals surface area contributed by atoms with Crippen LogP contribution in [-0.4, -0.2) is 52.5 Å². The number of nitrogens with zero attached hydrogens (tertiary/aromatic N) is 1. The van der Waals surface area contributed by atoms with E-state index >= 15 is 0 Å². The fourth-order valence-electron chi connectivity index (χ4n) is 2.54. The van der Waals surface area contributed by atoms with E-state index in [2.05, 4.69) is 20.8 Å². The van der Waals surface area contributed by atoms with Crippen molar-refractivity contribution >= 4 is 16.2 Å². The monoisotopic (exact) mass is 341 g/mol. The van der Waals surface area contributed by atoms with Crippen molar-refractivity contribution in [1.29, 1.82) is 0 Å². The molecule has 23 heavy (non-hydrogen) atoms. The number of esters is 1. The molecule has 0 spiro atoms. The maximum absolute atomic E-state index is 12.2. The molecule has 0 fully saturated rings. The summed E-state index contributed by atoms with van der Waals surface area (Å²) in [5, 5.41) is 3.33. The molecular formula is C15H23N3O4S. The molecule has 0 saturated carbocycles. The predicted molar refractivity (Wildman–Crippen MR) is 87.1 cm³/mol. The molecule has 1 aromatic carbocycles. The number of ether oxygens (including phenoxy) is 1. The Bertz CT molecular complexity index is 648. The molecule has 0 radical (unpaired) electrons. The Labute approximate surface area is 137 Å². The third-order valence-corrected chi connectivity index (χ3v) is 5.49. The summed E-state index contributed by atoms with van der Waals surface area (Å²) in [5.41, 5.74) is 2.37. The van der Waals surface area contributed by atoms with Crippen LogP contribution in [0.15, 0.2) is 24.3 Å². The second-order valence-electron chi connectivity index (χ2n) is 5.46. The summed E-state index contributed by atoms with van der Waals surface area (Å²) in [5.74, 6) is -0.435. The van der Waals surface area contributed by atoms with Crippen LogP contribution in [0.25, 0.3) is 0 Å². The van der Waals surface area contributed by atoms with Crippen molar-refractivity contribution in [3.05, 3.63) is 35.4 Å². The van der Waals surface area contributed by atoms with Crippen LogP contribution in [0, 0.1) is 0 Å². The SMILES string of the molecule is COC(=O)CCN(C)S(=O)(=O)NCC1NCCc2ccccc21. The summed E-state index contributed by atoms with van der Waals surface area (Å²) in [7, 11) is -0.913. The van der Waals surface area contributed by atoms with Gasteiger partial charge in [-0.05, 0) is 24.1 Å². The number of rotatable bonds is 7. The van der Waals surface area contributed by atoms with Gasteiger partial charge in [-0.15, -0.1) is 0 Å². The fourth-order valence-corrected chi connectivity index (χ4v) is 3.47. The zero-order chi connectivity index (χ0) is 16.9. The highest BCUT2D eigenvalue weighted by molar-refractivity contribution is 7.87. The molecule has 1 heterocycles. The third kappa shape index (κ3) is 4.74. The molecule has 0 amide bonds. The normalized spacial score (nSPS) is 17.8. The van der Waals surface area contributed by atoms with E-state index in [4.69, 9.17) is 0 Å². The van der Waals surface area contributed by atoms with Crippen molar-refractivity contribution in [3.8, 4) is 0 Å². The summed E-state index contributed by atoms with van der Waals surface area (Å²) >= 11 is 0. The average molecular weight is 341 g/mol. The van der Waals surface area contributed by atoms with Crippen LogP contribution in [0.2, 0.25) is 0 Å². The van der Waals surface area contributed by atoms with E-state index in [1.165, 1.54) is 19.7 Å². The summed E-state index contributed by atoms with van der Waals surface area (Å²) < 4.78 is 32.7. The number of carbonyl (C=O) groups excluding carboxylic acids is 1. The van der Waals surface area contributed by atoms with E-state index in [-0.39, 0.29) is 25.6 Å². The van der Waals surface area contributed by atoms with Gasteiger partial charge in [0.15, 0.2) is 0 Å². The second-order valence-corrected chi connectivity index (χ2v) is 7.32. The smallest absolute Gasteiger partial charge is 0.306 e. The maximum Gasteiger partial charge on any atom is 0.306 e. The van der Waals surface area contributed by atoms with Gasteiger partial charge in [0.05, 0.1) is 13.5 Å². The molecule has 0 saturated heterocycles. The van der Waals surface area contributed by atoms with Crippen LogP contribution in [-0.2, 0) is 26.2 Å². The molecule has 0 aromatic heterocycles. The average Bonchev–Trinajstić information content (AvgIpc) is 2.57. The first-order valence-electron chi connectivity index (χ1n) is 7.53. The first kappa shape index (κ1) is 17.9. The number of nitrogens with one attached hydrogen (secondary N) is 2. The van der Waals surface area contributed by atoms with Crippen molar-refractivity contribution in [2.45, 2.75) is 18.9 Å². The minimum atomic E-state index is -3.63. The van der Waals surface area contributed by atoms with Crippen LogP contribution >= 0.6 is 0 Å². The number of carbonyl (C=O) groups is 1. The minimum absolute atomic E-state index is 0.0262. The molecule has 1 unspecified atom stereocenters. The van der Waals surface area contributed by atoms with Crippen LogP contribution in [0.3, 0.4) is 0 Å². The Hall–Kier alpha value is -1.48. The van der Waals surface area contributed by atoms with Gasteiger partial charge in [0.25, 0.3) is 10.2 Å². The number of fused-ring (bicyclic) bond motifs is 1. The lowest BCUT2D eigenvalue weighted by molar-refractivity contribution is -0.140. The van der Waals surface area contributed by atoms with Gasteiger partial charge in [-0.3, -0.25) is 4.79 Å². The first-order valence-corrected chi connectivity index (χ1v) is 8.97. The van der Waals surface area contributed by atoms with Crippen molar-refractivity contribution < 1.29 is 17.9 Å². The Kier molecular flexibility index (Phi) is 6.11. The van der Waals surface area contributed by atoms with Gasteiger partial charge in [0.1, 0.15) is 0 Å². The van der Waals surface area contributed by atoms with Gasteiger partial charge in [-0.25, -0.2) is 4.72 Å². The predicted octanol–water partition coefficient (Wildman–Crippen LogP) is 0.203. The molecule has 8 heteroatoms. The van der Waals surface area contributed by atoms with Crippen molar-refractivity contribution in [3.63, 3.8) is 0 Å². The summed E-state index contributed by atoms with van der Waals surface area (Å²) in [6.45, 7) is 1.17. The highest BCUT2D eigenvalue weighted by Crippen LogP contribution is 2.22. The van der Waals surface area contributed by atoms with Gasteiger partial charge in [0, 0.05) is 26.2 Å². The van der Waals surface area contributed by atoms with Crippen LogP contribution in [0.5, 0.6) is 0 Å². The van der Waals surface area contributed by atoms with Gasteiger partial charge >= 0.3 is 5.97 Å². The van der Waals surface area contributed by atoms with Gasteiger partial charge in [-0.2, -0.15) is 12.7 Å². The molecule has 1 aliphatic heterocycles. The van der Waals surface area contributed by atoms with Crippen LogP contribution < -0.4 is 10.0 Å².